The van der Waals surface area contributed by atoms with Crippen molar-refractivity contribution in [2.45, 2.75) is 24.8 Å². The van der Waals surface area contributed by atoms with Crippen LogP contribution in [0.3, 0.4) is 0 Å². The number of nitrogens with zero attached hydrogens (tertiary/aromatic N) is 1. The van der Waals surface area contributed by atoms with Gasteiger partial charge in [-0.05, 0) is 5.92 Å². The van der Waals surface area contributed by atoms with Crippen LogP contribution in [-0.2, 0) is 4.79 Å². The van der Waals surface area contributed by atoms with Gasteiger partial charge in [-0.3, -0.25) is 10.1 Å². The summed E-state index contributed by atoms with van der Waals surface area (Å²) >= 11 is 1.93. The molecule has 15 heavy (non-hydrogen) atoms. The summed E-state index contributed by atoms with van der Waals surface area (Å²) in [6.07, 6.45) is 0. The van der Waals surface area contributed by atoms with E-state index in [1.807, 2.05) is 30.5 Å². The Morgan fingerprint density at radius 1 is 1.53 bits per heavy atom. The van der Waals surface area contributed by atoms with E-state index in [-0.39, 0.29) is 22.7 Å². The third-order valence-corrected chi connectivity index (χ3v) is 4.50. The van der Waals surface area contributed by atoms with Gasteiger partial charge in [0, 0.05) is 12.3 Å². The van der Waals surface area contributed by atoms with E-state index in [1.165, 1.54) is 0 Å². The zero-order chi connectivity index (χ0) is 11.1. The van der Waals surface area contributed by atoms with Crippen molar-refractivity contribution in [3.05, 3.63) is 0 Å². The fourth-order valence-electron chi connectivity index (χ4n) is 2.00. The van der Waals surface area contributed by atoms with Crippen molar-refractivity contribution in [2.75, 3.05) is 25.4 Å². The molecule has 0 aliphatic carbocycles. The van der Waals surface area contributed by atoms with Gasteiger partial charge >= 0.3 is 0 Å². The highest BCUT2D eigenvalue weighted by atomic mass is 32.2. The van der Waals surface area contributed by atoms with Gasteiger partial charge in [0.15, 0.2) is 0 Å². The molecule has 1 spiro atoms. The molecule has 2 rings (SSSR count). The lowest BCUT2D eigenvalue weighted by Gasteiger charge is -2.48. The van der Waals surface area contributed by atoms with E-state index in [9.17, 15) is 4.79 Å². The quantitative estimate of drug-likeness (QED) is 0.691. The first-order chi connectivity index (χ1) is 7.04. The van der Waals surface area contributed by atoms with Crippen LogP contribution >= 0.6 is 11.8 Å². The molecule has 2 heterocycles. The molecule has 0 saturated carbocycles. The molecule has 1 unspecified atom stereocenters. The second-order valence-corrected chi connectivity index (χ2v) is 6.21. The molecule has 5 heteroatoms. The summed E-state index contributed by atoms with van der Waals surface area (Å²) < 4.78 is 0. The van der Waals surface area contributed by atoms with Crippen LogP contribution < -0.4 is 11.1 Å². The molecule has 1 atom stereocenters. The second kappa shape index (κ2) is 3.96. The van der Waals surface area contributed by atoms with Crippen LogP contribution in [0, 0.1) is 5.92 Å². The number of nitrogens with two attached hydrogens (primary N) is 1. The number of carbonyl (C=O) groups excluding carboxylic acids is 1. The molecule has 2 saturated heterocycles. The number of carbonyl (C=O) groups is 1. The van der Waals surface area contributed by atoms with Crippen molar-refractivity contribution in [1.82, 2.24) is 10.2 Å². The lowest BCUT2D eigenvalue weighted by molar-refractivity contribution is -0.139. The number of rotatable bonds is 2. The second-order valence-electron chi connectivity index (χ2n) is 4.73. The van der Waals surface area contributed by atoms with Crippen molar-refractivity contribution < 1.29 is 4.79 Å². The van der Waals surface area contributed by atoms with E-state index in [0.717, 1.165) is 25.4 Å². The summed E-state index contributed by atoms with van der Waals surface area (Å²) in [6, 6.07) is -0.339. The zero-order valence-electron chi connectivity index (χ0n) is 9.32. The number of hydrogen-bond acceptors (Lipinski definition) is 4. The van der Waals surface area contributed by atoms with Crippen LogP contribution in [0.4, 0.5) is 0 Å². The van der Waals surface area contributed by atoms with Gasteiger partial charge in [-0.15, -0.1) is 11.8 Å². The van der Waals surface area contributed by atoms with Crippen LogP contribution in [-0.4, -0.2) is 47.1 Å². The first kappa shape index (κ1) is 11.2. The summed E-state index contributed by atoms with van der Waals surface area (Å²) in [5, 5.41) is 3.45. The highest BCUT2D eigenvalue weighted by Crippen LogP contribution is 2.36. The number of thioether (sulfide) groups is 1. The Bertz CT molecular complexity index is 255. The predicted molar refractivity (Wildman–Crippen MR) is 62.6 cm³/mol. The Morgan fingerprint density at radius 3 is 2.67 bits per heavy atom. The van der Waals surface area contributed by atoms with E-state index >= 15 is 0 Å². The van der Waals surface area contributed by atoms with Gasteiger partial charge in [-0.2, -0.15) is 0 Å². The first-order valence-corrected chi connectivity index (χ1v) is 6.46. The Morgan fingerprint density at radius 2 is 2.20 bits per heavy atom. The van der Waals surface area contributed by atoms with Gasteiger partial charge in [0.25, 0.3) is 0 Å². The molecular weight excluding hydrogens is 210 g/mol. The van der Waals surface area contributed by atoms with Crippen molar-refractivity contribution in [2.24, 2.45) is 11.7 Å². The van der Waals surface area contributed by atoms with E-state index in [1.54, 1.807) is 0 Å². The van der Waals surface area contributed by atoms with Crippen molar-refractivity contribution in [1.29, 1.82) is 0 Å². The maximum absolute atomic E-state index is 11.9. The lowest BCUT2D eigenvalue weighted by atomic mass is 10.0. The smallest absolute Gasteiger partial charge is 0.239 e. The molecule has 0 aromatic carbocycles. The van der Waals surface area contributed by atoms with E-state index < -0.39 is 0 Å². The molecule has 1 amide bonds. The molecular formula is C10H19N3OS. The van der Waals surface area contributed by atoms with Crippen LogP contribution in [0.25, 0.3) is 0 Å². The summed E-state index contributed by atoms with van der Waals surface area (Å²) in [5.41, 5.74) is 5.84. The van der Waals surface area contributed by atoms with Crippen LogP contribution in [0.5, 0.6) is 0 Å². The third-order valence-electron chi connectivity index (χ3n) is 3.14. The summed E-state index contributed by atoms with van der Waals surface area (Å²) in [7, 11) is 0. The fourth-order valence-corrected chi connectivity index (χ4v) is 3.29. The lowest BCUT2D eigenvalue weighted by Crippen LogP contribution is -2.68. The van der Waals surface area contributed by atoms with E-state index in [0.29, 0.717) is 0 Å². The molecule has 2 fully saturated rings. The Balaban J connectivity index is 1.86. The molecule has 0 bridgehead atoms. The predicted octanol–water partition coefficient (Wildman–Crippen LogP) is -0.155. The Kier molecular flexibility index (Phi) is 2.96. The van der Waals surface area contributed by atoms with Crippen LogP contribution in [0.15, 0.2) is 0 Å². The largest absolute Gasteiger partial charge is 0.336 e. The molecule has 4 nitrogen and oxygen atoms in total. The molecule has 0 radical (unpaired) electrons. The number of hydrogen-bond donors (Lipinski definition) is 2. The highest BCUT2D eigenvalue weighted by molar-refractivity contribution is 8.01. The van der Waals surface area contributed by atoms with Gasteiger partial charge < -0.3 is 10.6 Å². The number of amides is 1. The average molecular weight is 229 g/mol. The SMILES string of the molecule is CC(C)C(N)C(=O)N1CC2(C1)NCCS2. The van der Waals surface area contributed by atoms with Crippen molar-refractivity contribution in [3.8, 4) is 0 Å². The molecule has 0 aromatic heterocycles. The minimum atomic E-state index is -0.339. The summed E-state index contributed by atoms with van der Waals surface area (Å²) in [6.45, 7) is 6.66. The fraction of sp³-hybridized carbons (Fsp3) is 0.900. The van der Waals surface area contributed by atoms with Crippen LogP contribution in [0.1, 0.15) is 13.8 Å². The molecule has 2 aliphatic rings. The topological polar surface area (TPSA) is 58.4 Å². The third kappa shape index (κ3) is 2.00. The normalized spacial score (nSPS) is 25.7. The molecule has 2 aliphatic heterocycles. The first-order valence-electron chi connectivity index (χ1n) is 5.47. The van der Waals surface area contributed by atoms with Gasteiger partial charge in [-0.25, -0.2) is 0 Å². The average Bonchev–Trinajstić information content (AvgIpc) is 2.61. The molecule has 0 aromatic rings. The standard InChI is InChI=1S/C10H19N3OS/c1-7(2)8(11)9(14)13-5-10(6-13)12-3-4-15-10/h7-8,12H,3-6,11H2,1-2H3. The van der Waals surface area contributed by atoms with Gasteiger partial charge in [0.2, 0.25) is 5.91 Å². The highest BCUT2D eigenvalue weighted by Gasteiger charge is 2.48. The number of likely N-dealkylation sites (tertiary alicyclic amines) is 1. The Hall–Kier alpha value is -0.260. The summed E-state index contributed by atoms with van der Waals surface area (Å²) in [4.78, 5) is 13.9. The number of nitrogens with one attached hydrogen (secondary N) is 1. The maximum atomic E-state index is 11.9. The van der Waals surface area contributed by atoms with Gasteiger partial charge in [-0.1, -0.05) is 13.8 Å². The van der Waals surface area contributed by atoms with E-state index in [4.69, 9.17) is 5.73 Å². The molecule has 3 N–H and O–H groups in total. The van der Waals surface area contributed by atoms with E-state index in [2.05, 4.69) is 5.32 Å². The summed E-state index contributed by atoms with van der Waals surface area (Å²) in [5.74, 6) is 1.47. The monoisotopic (exact) mass is 229 g/mol. The minimum absolute atomic E-state index is 0.102. The van der Waals surface area contributed by atoms with Gasteiger partial charge in [0.1, 0.15) is 4.87 Å². The van der Waals surface area contributed by atoms with Crippen molar-refractivity contribution >= 4 is 17.7 Å². The minimum Gasteiger partial charge on any atom is -0.336 e. The van der Waals surface area contributed by atoms with Crippen LogP contribution in [0.2, 0.25) is 0 Å². The van der Waals surface area contributed by atoms with Crippen molar-refractivity contribution in [3.63, 3.8) is 0 Å². The maximum Gasteiger partial charge on any atom is 0.239 e. The Labute approximate surface area is 94.9 Å². The van der Waals surface area contributed by atoms with Gasteiger partial charge in [0.05, 0.1) is 19.1 Å². The zero-order valence-corrected chi connectivity index (χ0v) is 10.1. The molecule has 86 valence electrons.